The van der Waals surface area contributed by atoms with Gasteiger partial charge in [-0.15, -0.1) is 0 Å². The first-order valence-corrected chi connectivity index (χ1v) is 6.80. The standard InChI is InChI=1S/C14H21N3O2/c1-3-15-12-4-6-16-13(8-12)14(18)17-9-11-5-7-19-10(11)2/h4,6,8,10-11H,3,5,7,9H2,1-2H3,(H,15,16)(H,17,18). The van der Waals surface area contributed by atoms with Crippen LogP contribution < -0.4 is 10.6 Å². The van der Waals surface area contributed by atoms with Crippen molar-refractivity contribution in [3.05, 3.63) is 24.0 Å². The Morgan fingerprint density at radius 3 is 3.11 bits per heavy atom. The van der Waals surface area contributed by atoms with Gasteiger partial charge in [-0.25, -0.2) is 0 Å². The van der Waals surface area contributed by atoms with Gasteiger partial charge in [-0.2, -0.15) is 0 Å². The number of amides is 1. The number of aromatic nitrogens is 1. The van der Waals surface area contributed by atoms with Gasteiger partial charge in [-0.3, -0.25) is 9.78 Å². The van der Waals surface area contributed by atoms with Crippen LogP contribution in [0.25, 0.3) is 0 Å². The molecule has 2 heterocycles. The third-order valence-electron chi connectivity index (χ3n) is 3.43. The van der Waals surface area contributed by atoms with E-state index in [9.17, 15) is 4.79 Å². The van der Waals surface area contributed by atoms with Crippen molar-refractivity contribution in [2.75, 3.05) is 25.0 Å². The highest BCUT2D eigenvalue weighted by atomic mass is 16.5. The molecule has 1 amide bonds. The second-order valence-corrected chi connectivity index (χ2v) is 4.79. The molecule has 0 aromatic carbocycles. The number of hydrogen-bond donors (Lipinski definition) is 2. The molecule has 0 radical (unpaired) electrons. The summed E-state index contributed by atoms with van der Waals surface area (Å²) >= 11 is 0. The molecule has 104 valence electrons. The van der Waals surface area contributed by atoms with E-state index >= 15 is 0 Å². The van der Waals surface area contributed by atoms with Crippen molar-refractivity contribution < 1.29 is 9.53 Å². The van der Waals surface area contributed by atoms with Gasteiger partial charge >= 0.3 is 0 Å². The van der Waals surface area contributed by atoms with Crippen LogP contribution in [0.3, 0.4) is 0 Å². The zero-order chi connectivity index (χ0) is 13.7. The lowest BCUT2D eigenvalue weighted by molar-refractivity contribution is 0.0903. The molecule has 2 unspecified atom stereocenters. The lowest BCUT2D eigenvalue weighted by Crippen LogP contribution is -2.32. The second-order valence-electron chi connectivity index (χ2n) is 4.79. The monoisotopic (exact) mass is 263 g/mol. The third kappa shape index (κ3) is 3.67. The Balaban J connectivity index is 1.90. The van der Waals surface area contributed by atoms with Crippen molar-refractivity contribution in [3.63, 3.8) is 0 Å². The summed E-state index contributed by atoms with van der Waals surface area (Å²) in [5, 5.41) is 6.10. The van der Waals surface area contributed by atoms with E-state index in [2.05, 4.69) is 15.6 Å². The molecule has 1 aliphatic heterocycles. The lowest BCUT2D eigenvalue weighted by atomic mass is 10.0. The number of anilines is 1. The van der Waals surface area contributed by atoms with Gasteiger partial charge in [0.05, 0.1) is 6.10 Å². The molecule has 1 aliphatic rings. The molecule has 5 heteroatoms. The summed E-state index contributed by atoms with van der Waals surface area (Å²) in [6, 6.07) is 3.63. The molecule has 1 aromatic heterocycles. The Hall–Kier alpha value is -1.62. The average Bonchev–Trinajstić information content (AvgIpc) is 2.82. The van der Waals surface area contributed by atoms with Gasteiger partial charge in [0.25, 0.3) is 5.91 Å². The summed E-state index contributed by atoms with van der Waals surface area (Å²) in [6.45, 7) is 6.32. The fraction of sp³-hybridized carbons (Fsp3) is 0.571. The second kappa shape index (κ2) is 6.52. The number of ether oxygens (including phenoxy) is 1. The van der Waals surface area contributed by atoms with Crippen molar-refractivity contribution in [2.45, 2.75) is 26.4 Å². The van der Waals surface area contributed by atoms with Crippen molar-refractivity contribution in [2.24, 2.45) is 5.92 Å². The molecular formula is C14H21N3O2. The smallest absolute Gasteiger partial charge is 0.269 e. The predicted molar refractivity (Wildman–Crippen MR) is 74.3 cm³/mol. The van der Waals surface area contributed by atoms with Crippen molar-refractivity contribution in [1.29, 1.82) is 0 Å². The highest BCUT2D eigenvalue weighted by Gasteiger charge is 2.24. The van der Waals surface area contributed by atoms with Crippen LogP contribution in [-0.4, -0.2) is 36.7 Å². The molecule has 5 nitrogen and oxygen atoms in total. The fourth-order valence-corrected chi connectivity index (χ4v) is 2.23. The van der Waals surface area contributed by atoms with E-state index in [4.69, 9.17) is 4.74 Å². The minimum atomic E-state index is -0.126. The van der Waals surface area contributed by atoms with E-state index in [1.165, 1.54) is 0 Å². The number of hydrogen-bond acceptors (Lipinski definition) is 4. The molecule has 0 bridgehead atoms. The summed E-state index contributed by atoms with van der Waals surface area (Å²) in [5.41, 5.74) is 1.37. The van der Waals surface area contributed by atoms with Crippen molar-refractivity contribution in [3.8, 4) is 0 Å². The predicted octanol–water partition coefficient (Wildman–Crippen LogP) is 1.67. The molecule has 2 N–H and O–H groups in total. The number of nitrogens with one attached hydrogen (secondary N) is 2. The number of carbonyl (C=O) groups excluding carboxylic acids is 1. The summed E-state index contributed by atoms with van der Waals surface area (Å²) < 4.78 is 5.48. The van der Waals surface area contributed by atoms with E-state index in [1.807, 2.05) is 19.9 Å². The number of rotatable bonds is 5. The van der Waals surface area contributed by atoms with Gasteiger partial charge in [-0.05, 0) is 32.4 Å². The Labute approximate surface area is 113 Å². The van der Waals surface area contributed by atoms with Crippen molar-refractivity contribution >= 4 is 11.6 Å². The van der Waals surface area contributed by atoms with Crippen LogP contribution in [-0.2, 0) is 4.74 Å². The Morgan fingerprint density at radius 2 is 2.42 bits per heavy atom. The number of carbonyl (C=O) groups is 1. The normalized spacial score (nSPS) is 22.2. The van der Waals surface area contributed by atoms with Gasteiger partial charge in [0, 0.05) is 37.5 Å². The highest BCUT2D eigenvalue weighted by molar-refractivity contribution is 5.93. The van der Waals surface area contributed by atoms with Crippen LogP contribution in [0.15, 0.2) is 18.3 Å². The van der Waals surface area contributed by atoms with Gasteiger partial charge in [0.15, 0.2) is 0 Å². The first-order chi connectivity index (χ1) is 9.20. The van der Waals surface area contributed by atoms with E-state index in [0.717, 1.165) is 25.3 Å². The maximum Gasteiger partial charge on any atom is 0.269 e. The fourth-order valence-electron chi connectivity index (χ4n) is 2.23. The SMILES string of the molecule is CCNc1ccnc(C(=O)NCC2CCOC2C)c1. The first kappa shape index (κ1) is 13.8. The zero-order valence-electron chi connectivity index (χ0n) is 11.5. The van der Waals surface area contributed by atoms with Crippen LogP contribution in [0.5, 0.6) is 0 Å². The molecule has 0 aliphatic carbocycles. The van der Waals surface area contributed by atoms with Crippen LogP contribution in [0.2, 0.25) is 0 Å². The van der Waals surface area contributed by atoms with E-state index in [0.29, 0.717) is 18.2 Å². The summed E-state index contributed by atoms with van der Waals surface area (Å²) in [4.78, 5) is 16.1. The zero-order valence-corrected chi connectivity index (χ0v) is 11.5. The maximum absolute atomic E-state index is 12.0. The van der Waals surface area contributed by atoms with E-state index in [1.54, 1.807) is 12.3 Å². The average molecular weight is 263 g/mol. The quantitative estimate of drug-likeness (QED) is 0.848. The lowest BCUT2D eigenvalue weighted by Gasteiger charge is -2.14. The minimum Gasteiger partial charge on any atom is -0.385 e. The third-order valence-corrected chi connectivity index (χ3v) is 3.43. The molecule has 2 rings (SSSR count). The highest BCUT2D eigenvalue weighted by Crippen LogP contribution is 2.19. The summed E-state index contributed by atoms with van der Waals surface area (Å²) in [5.74, 6) is 0.278. The Bertz CT molecular complexity index is 436. The Kier molecular flexibility index (Phi) is 4.74. The Morgan fingerprint density at radius 1 is 1.58 bits per heavy atom. The van der Waals surface area contributed by atoms with Gasteiger partial charge in [0.2, 0.25) is 0 Å². The van der Waals surface area contributed by atoms with E-state index < -0.39 is 0 Å². The summed E-state index contributed by atoms with van der Waals surface area (Å²) in [6.07, 6.45) is 2.88. The van der Waals surface area contributed by atoms with Gasteiger partial charge < -0.3 is 15.4 Å². The van der Waals surface area contributed by atoms with E-state index in [-0.39, 0.29) is 12.0 Å². The number of pyridine rings is 1. The molecule has 1 aromatic rings. The molecule has 2 atom stereocenters. The largest absolute Gasteiger partial charge is 0.385 e. The summed E-state index contributed by atoms with van der Waals surface area (Å²) in [7, 11) is 0. The van der Waals surface area contributed by atoms with Gasteiger partial charge in [0.1, 0.15) is 5.69 Å². The number of nitrogens with zero attached hydrogens (tertiary/aromatic N) is 1. The topological polar surface area (TPSA) is 63.2 Å². The maximum atomic E-state index is 12.0. The van der Waals surface area contributed by atoms with Crippen LogP contribution in [0, 0.1) is 5.92 Å². The van der Waals surface area contributed by atoms with Crippen LogP contribution >= 0.6 is 0 Å². The van der Waals surface area contributed by atoms with Crippen LogP contribution in [0.1, 0.15) is 30.8 Å². The minimum absolute atomic E-state index is 0.126. The molecule has 1 saturated heterocycles. The molecule has 0 saturated carbocycles. The molecule has 0 spiro atoms. The first-order valence-electron chi connectivity index (χ1n) is 6.80. The molecule has 19 heavy (non-hydrogen) atoms. The van der Waals surface area contributed by atoms with Gasteiger partial charge in [-0.1, -0.05) is 0 Å². The molecule has 1 fully saturated rings. The molecular weight excluding hydrogens is 242 g/mol. The van der Waals surface area contributed by atoms with Crippen LogP contribution in [0.4, 0.5) is 5.69 Å². The van der Waals surface area contributed by atoms with Crippen molar-refractivity contribution in [1.82, 2.24) is 10.3 Å².